The number of halogens is 1. The van der Waals surface area contributed by atoms with Gasteiger partial charge in [-0.2, -0.15) is 0 Å². The van der Waals surface area contributed by atoms with Crippen LogP contribution >= 0.6 is 0 Å². The topological polar surface area (TPSA) is 52.0 Å². The highest BCUT2D eigenvalue weighted by Gasteiger charge is 2.13. The van der Waals surface area contributed by atoms with E-state index < -0.39 is 10.8 Å². The number of hydrogen-bond acceptors (Lipinski definition) is 3. The van der Waals surface area contributed by atoms with Gasteiger partial charge in [0, 0.05) is 18.9 Å². The first-order valence-electron chi connectivity index (χ1n) is 6.80. The Morgan fingerprint density at radius 3 is 2.90 bits per heavy atom. The molecule has 0 aliphatic rings. The van der Waals surface area contributed by atoms with Gasteiger partial charge in [0.25, 0.3) is 5.56 Å². The summed E-state index contributed by atoms with van der Waals surface area (Å²) in [4.78, 5) is 16.1. The predicted octanol–water partition coefficient (Wildman–Crippen LogP) is 2.49. The summed E-state index contributed by atoms with van der Waals surface area (Å²) in [6.45, 7) is 2.62. The van der Waals surface area contributed by atoms with E-state index in [1.165, 1.54) is 22.9 Å². The molecular formula is C15H17FN2O2S. The number of nitrogens with zero attached hydrogens (tertiary/aromatic N) is 2. The Bertz CT molecular complexity index is 700. The fourth-order valence-electron chi connectivity index (χ4n) is 1.93. The highest BCUT2D eigenvalue weighted by molar-refractivity contribution is 7.84. The van der Waals surface area contributed by atoms with E-state index >= 15 is 0 Å². The minimum absolute atomic E-state index is 0.0258. The van der Waals surface area contributed by atoms with Crippen molar-refractivity contribution >= 4 is 10.8 Å². The lowest BCUT2D eigenvalue weighted by molar-refractivity contribution is 0.593. The van der Waals surface area contributed by atoms with Gasteiger partial charge in [-0.1, -0.05) is 25.5 Å². The third kappa shape index (κ3) is 4.07. The third-order valence-corrected chi connectivity index (χ3v) is 4.34. The average molecular weight is 308 g/mol. The summed E-state index contributed by atoms with van der Waals surface area (Å²) in [5.41, 5.74) is 0.249. The van der Waals surface area contributed by atoms with Gasteiger partial charge in [-0.25, -0.2) is 9.37 Å². The quantitative estimate of drug-likeness (QED) is 0.824. The molecule has 1 atom stereocenters. The van der Waals surface area contributed by atoms with E-state index in [1.54, 1.807) is 18.3 Å². The standard InChI is InChI=1S/C15H17FN2O2S/c1-2-3-8-18-9-7-17-14(15(18)19)21(20)11-12-5-4-6-13(16)10-12/h4-7,9-10H,2-3,8,11H2,1H3. The van der Waals surface area contributed by atoms with Crippen LogP contribution in [0, 0.1) is 5.82 Å². The van der Waals surface area contributed by atoms with Crippen molar-refractivity contribution < 1.29 is 8.60 Å². The van der Waals surface area contributed by atoms with Crippen LogP contribution in [0.4, 0.5) is 4.39 Å². The second-order valence-corrected chi connectivity index (χ2v) is 6.07. The molecular weight excluding hydrogens is 291 g/mol. The Morgan fingerprint density at radius 2 is 2.19 bits per heavy atom. The molecule has 0 amide bonds. The lowest BCUT2D eigenvalue weighted by Gasteiger charge is -2.06. The molecule has 0 fully saturated rings. The van der Waals surface area contributed by atoms with Crippen LogP contribution in [0.2, 0.25) is 0 Å². The monoisotopic (exact) mass is 308 g/mol. The Labute approximate surface area is 125 Å². The van der Waals surface area contributed by atoms with Gasteiger partial charge in [-0.15, -0.1) is 0 Å². The molecule has 4 nitrogen and oxygen atoms in total. The fraction of sp³-hybridized carbons (Fsp3) is 0.333. The summed E-state index contributed by atoms with van der Waals surface area (Å²) >= 11 is 0. The van der Waals surface area contributed by atoms with Gasteiger partial charge in [0.1, 0.15) is 5.82 Å². The highest BCUT2D eigenvalue weighted by atomic mass is 32.2. The molecule has 1 aromatic heterocycles. The molecule has 0 aliphatic carbocycles. The smallest absolute Gasteiger partial charge is 0.285 e. The maximum Gasteiger partial charge on any atom is 0.285 e. The lowest BCUT2D eigenvalue weighted by atomic mass is 10.2. The van der Waals surface area contributed by atoms with Crippen LogP contribution < -0.4 is 5.56 Å². The number of rotatable bonds is 6. The first kappa shape index (κ1) is 15.6. The van der Waals surface area contributed by atoms with Crippen molar-refractivity contribution in [2.75, 3.05) is 0 Å². The minimum atomic E-state index is -1.58. The molecule has 1 aromatic carbocycles. The highest BCUT2D eigenvalue weighted by Crippen LogP contribution is 2.09. The van der Waals surface area contributed by atoms with E-state index in [4.69, 9.17) is 0 Å². The normalized spacial score (nSPS) is 12.3. The zero-order chi connectivity index (χ0) is 15.2. The molecule has 2 rings (SSSR count). The van der Waals surface area contributed by atoms with Gasteiger partial charge in [-0.05, 0) is 24.1 Å². The average Bonchev–Trinajstić information content (AvgIpc) is 2.46. The van der Waals surface area contributed by atoms with Crippen molar-refractivity contribution in [2.45, 2.75) is 37.1 Å². The second kappa shape index (κ2) is 7.26. The molecule has 0 spiro atoms. The fourth-order valence-corrected chi connectivity index (χ4v) is 3.04. The third-order valence-electron chi connectivity index (χ3n) is 3.04. The Balaban J connectivity index is 2.21. The van der Waals surface area contributed by atoms with Crippen molar-refractivity contribution in [3.8, 4) is 0 Å². The summed E-state index contributed by atoms with van der Waals surface area (Å²) in [5.74, 6) is -0.302. The number of benzene rings is 1. The molecule has 21 heavy (non-hydrogen) atoms. The number of unbranched alkanes of at least 4 members (excludes halogenated alkanes) is 1. The van der Waals surface area contributed by atoms with E-state index in [1.807, 2.05) is 6.92 Å². The minimum Gasteiger partial charge on any atom is -0.312 e. The molecule has 1 heterocycles. The molecule has 112 valence electrons. The van der Waals surface area contributed by atoms with Gasteiger partial charge in [0.15, 0.2) is 5.03 Å². The first-order valence-corrected chi connectivity index (χ1v) is 8.12. The predicted molar refractivity (Wildman–Crippen MR) is 79.9 cm³/mol. The maximum atomic E-state index is 13.1. The van der Waals surface area contributed by atoms with Gasteiger partial charge in [0.05, 0.1) is 16.6 Å². The van der Waals surface area contributed by atoms with Gasteiger partial charge in [-0.3, -0.25) is 9.00 Å². The van der Waals surface area contributed by atoms with Crippen LogP contribution in [-0.4, -0.2) is 13.8 Å². The summed E-state index contributed by atoms with van der Waals surface area (Å²) < 4.78 is 26.9. The van der Waals surface area contributed by atoms with Crippen molar-refractivity contribution in [1.29, 1.82) is 0 Å². The molecule has 0 radical (unpaired) electrons. The number of aromatic nitrogens is 2. The van der Waals surface area contributed by atoms with Crippen LogP contribution in [0.25, 0.3) is 0 Å². The van der Waals surface area contributed by atoms with E-state index in [9.17, 15) is 13.4 Å². The van der Waals surface area contributed by atoms with Crippen molar-refractivity contribution in [1.82, 2.24) is 9.55 Å². The summed E-state index contributed by atoms with van der Waals surface area (Å²) in [6.07, 6.45) is 4.92. The van der Waals surface area contributed by atoms with E-state index in [0.29, 0.717) is 12.1 Å². The number of aryl methyl sites for hydroxylation is 1. The van der Waals surface area contributed by atoms with Crippen molar-refractivity contribution in [3.05, 3.63) is 58.4 Å². The van der Waals surface area contributed by atoms with Gasteiger partial charge < -0.3 is 4.57 Å². The maximum absolute atomic E-state index is 13.1. The zero-order valence-corrected chi connectivity index (χ0v) is 12.6. The second-order valence-electron chi connectivity index (χ2n) is 4.70. The van der Waals surface area contributed by atoms with Crippen LogP contribution in [0.3, 0.4) is 0 Å². The Morgan fingerprint density at radius 1 is 1.38 bits per heavy atom. The first-order chi connectivity index (χ1) is 10.1. The summed E-state index contributed by atoms with van der Waals surface area (Å²) in [7, 11) is -1.58. The Kier molecular flexibility index (Phi) is 5.38. The van der Waals surface area contributed by atoms with Gasteiger partial charge >= 0.3 is 0 Å². The molecule has 6 heteroatoms. The molecule has 0 aliphatic heterocycles. The molecule has 0 saturated carbocycles. The Hall–Kier alpha value is -1.82. The van der Waals surface area contributed by atoms with Crippen LogP contribution in [0.15, 0.2) is 46.5 Å². The summed E-state index contributed by atoms with van der Waals surface area (Å²) in [5, 5.41) is 0.0258. The van der Waals surface area contributed by atoms with E-state index in [-0.39, 0.29) is 22.2 Å². The molecule has 1 unspecified atom stereocenters. The van der Waals surface area contributed by atoms with Crippen LogP contribution in [0.1, 0.15) is 25.3 Å². The molecule has 0 N–H and O–H groups in total. The largest absolute Gasteiger partial charge is 0.312 e. The van der Waals surface area contributed by atoms with Gasteiger partial charge in [0.2, 0.25) is 0 Å². The van der Waals surface area contributed by atoms with Crippen molar-refractivity contribution in [3.63, 3.8) is 0 Å². The zero-order valence-electron chi connectivity index (χ0n) is 11.8. The van der Waals surface area contributed by atoms with Crippen LogP contribution in [-0.2, 0) is 23.1 Å². The van der Waals surface area contributed by atoms with E-state index in [2.05, 4.69) is 4.98 Å². The SMILES string of the molecule is CCCCn1ccnc(S(=O)Cc2cccc(F)c2)c1=O. The molecule has 0 saturated heterocycles. The number of hydrogen-bond donors (Lipinski definition) is 0. The van der Waals surface area contributed by atoms with Crippen molar-refractivity contribution in [2.24, 2.45) is 0 Å². The summed E-state index contributed by atoms with van der Waals surface area (Å²) in [6, 6.07) is 5.88. The van der Waals surface area contributed by atoms with Crippen LogP contribution in [0.5, 0.6) is 0 Å². The lowest BCUT2D eigenvalue weighted by Crippen LogP contribution is -2.25. The molecule has 2 aromatic rings. The van der Waals surface area contributed by atoms with E-state index in [0.717, 1.165) is 12.8 Å². The molecule has 0 bridgehead atoms.